The van der Waals surface area contributed by atoms with Gasteiger partial charge >= 0.3 is 11.8 Å². The molecule has 3 aromatic carbocycles. The number of halogens is 1. The van der Waals surface area contributed by atoms with Crippen molar-refractivity contribution in [3.8, 4) is 5.75 Å². The van der Waals surface area contributed by atoms with E-state index >= 15 is 0 Å². The summed E-state index contributed by atoms with van der Waals surface area (Å²) in [6.45, 7) is 5.39. The van der Waals surface area contributed by atoms with Crippen LogP contribution in [-0.4, -0.2) is 30.5 Å². The third-order valence-electron chi connectivity index (χ3n) is 5.16. The normalized spacial score (nSPS) is 10.6. The minimum Gasteiger partial charge on any atom is -0.483 e. The Morgan fingerprint density at radius 3 is 2.46 bits per heavy atom. The molecule has 3 aromatic rings. The molecule has 0 aliphatic carbocycles. The number of carbonyl (C=O) groups is 3. The van der Waals surface area contributed by atoms with Crippen LogP contribution in [0.15, 0.2) is 65.8 Å². The van der Waals surface area contributed by atoms with E-state index in [9.17, 15) is 14.4 Å². The molecule has 35 heavy (non-hydrogen) atoms. The van der Waals surface area contributed by atoms with Gasteiger partial charge in [0.15, 0.2) is 6.61 Å². The van der Waals surface area contributed by atoms with E-state index in [0.29, 0.717) is 27.7 Å². The van der Waals surface area contributed by atoms with Crippen LogP contribution in [0.5, 0.6) is 5.75 Å². The van der Waals surface area contributed by atoms with Crippen molar-refractivity contribution in [2.24, 2.45) is 5.10 Å². The molecule has 3 N–H and O–H groups in total. The van der Waals surface area contributed by atoms with Gasteiger partial charge < -0.3 is 15.4 Å². The number of nitrogens with zero attached hydrogens (tertiary/aromatic N) is 1. The molecule has 9 heteroatoms. The zero-order valence-electron chi connectivity index (χ0n) is 19.5. The Morgan fingerprint density at radius 2 is 1.69 bits per heavy atom. The van der Waals surface area contributed by atoms with E-state index in [1.165, 1.54) is 6.21 Å². The maximum atomic E-state index is 12.3. The second-order valence-corrected chi connectivity index (χ2v) is 8.15. The van der Waals surface area contributed by atoms with E-state index in [4.69, 9.17) is 16.3 Å². The first-order valence-corrected chi connectivity index (χ1v) is 11.1. The van der Waals surface area contributed by atoms with Crippen LogP contribution in [-0.2, 0) is 14.4 Å². The third-order valence-corrected chi connectivity index (χ3v) is 5.57. The molecule has 0 fully saturated rings. The van der Waals surface area contributed by atoms with Gasteiger partial charge in [0.1, 0.15) is 5.75 Å². The Morgan fingerprint density at radius 1 is 0.914 bits per heavy atom. The van der Waals surface area contributed by atoms with Crippen LogP contribution in [0, 0.1) is 20.8 Å². The smallest absolute Gasteiger partial charge is 0.329 e. The average Bonchev–Trinajstić information content (AvgIpc) is 2.83. The number of hydrazone groups is 1. The maximum Gasteiger partial charge on any atom is 0.329 e. The first kappa shape index (κ1) is 25.5. The number of nitrogens with one attached hydrogen (secondary N) is 3. The Hall–Kier alpha value is -4.17. The molecule has 0 aromatic heterocycles. The molecule has 0 saturated carbocycles. The summed E-state index contributed by atoms with van der Waals surface area (Å²) in [5.74, 6) is -1.75. The van der Waals surface area contributed by atoms with Gasteiger partial charge in [-0.25, -0.2) is 5.43 Å². The van der Waals surface area contributed by atoms with E-state index < -0.39 is 11.8 Å². The molecule has 0 saturated heterocycles. The molecule has 0 radical (unpaired) electrons. The Bertz CT molecular complexity index is 1290. The van der Waals surface area contributed by atoms with Crippen LogP contribution < -0.4 is 20.8 Å². The number of hydrogen-bond acceptors (Lipinski definition) is 5. The quantitative estimate of drug-likeness (QED) is 0.258. The third kappa shape index (κ3) is 7.15. The van der Waals surface area contributed by atoms with Crippen molar-refractivity contribution < 1.29 is 19.1 Å². The zero-order chi connectivity index (χ0) is 25.4. The first-order chi connectivity index (χ1) is 16.7. The lowest BCUT2D eigenvalue weighted by atomic mass is 10.1. The molecule has 180 valence electrons. The number of anilines is 2. The van der Waals surface area contributed by atoms with Gasteiger partial charge in [0.2, 0.25) is 0 Å². The molecule has 3 amide bonds. The highest BCUT2D eigenvalue weighted by Crippen LogP contribution is 2.21. The average molecular weight is 493 g/mol. The Kier molecular flexibility index (Phi) is 8.58. The highest BCUT2D eigenvalue weighted by Gasteiger charge is 2.14. The van der Waals surface area contributed by atoms with Crippen molar-refractivity contribution in [3.05, 3.63) is 87.9 Å². The Balaban J connectivity index is 1.55. The molecule has 0 aliphatic rings. The Labute approximate surface area is 208 Å². The molecule has 0 heterocycles. The molecule has 0 aliphatic heterocycles. The predicted molar refractivity (Wildman–Crippen MR) is 137 cm³/mol. The number of ether oxygens (including phenoxy) is 1. The fourth-order valence-electron chi connectivity index (χ4n) is 3.01. The molecule has 3 rings (SSSR count). The van der Waals surface area contributed by atoms with E-state index in [0.717, 1.165) is 16.7 Å². The fourth-order valence-corrected chi connectivity index (χ4v) is 3.19. The van der Waals surface area contributed by atoms with Crippen LogP contribution in [0.25, 0.3) is 0 Å². The van der Waals surface area contributed by atoms with Crippen molar-refractivity contribution in [1.29, 1.82) is 0 Å². The minimum absolute atomic E-state index is 0.249. The van der Waals surface area contributed by atoms with E-state index in [1.54, 1.807) is 54.6 Å². The topological polar surface area (TPSA) is 109 Å². The summed E-state index contributed by atoms with van der Waals surface area (Å²) in [4.78, 5) is 36.6. The van der Waals surface area contributed by atoms with Gasteiger partial charge in [-0.2, -0.15) is 5.10 Å². The minimum atomic E-state index is -0.920. The molecule has 0 spiro atoms. The summed E-state index contributed by atoms with van der Waals surface area (Å²) in [6, 6.07) is 17.5. The van der Waals surface area contributed by atoms with Crippen LogP contribution in [0.2, 0.25) is 5.02 Å². The molecule has 0 atom stereocenters. The summed E-state index contributed by atoms with van der Waals surface area (Å²) in [7, 11) is 0. The van der Waals surface area contributed by atoms with Crippen LogP contribution in [0.4, 0.5) is 11.4 Å². The van der Waals surface area contributed by atoms with E-state index in [2.05, 4.69) is 21.2 Å². The standard InChI is InChI=1S/C26H25ClN4O4/c1-16-7-6-9-22(18(16)3)30-25(33)26(34)31-28-14-19-8-4-5-10-23(19)35-15-24(32)29-20-12-11-17(2)21(27)13-20/h4-14H,15H2,1-3H3,(H,29,32)(H,30,33)(H,31,34)/b28-14-. The summed E-state index contributed by atoms with van der Waals surface area (Å²) in [5, 5.41) is 9.67. The fraction of sp³-hybridized carbons (Fsp3) is 0.154. The number of amides is 3. The van der Waals surface area contributed by atoms with Crippen molar-refractivity contribution in [1.82, 2.24) is 5.43 Å². The van der Waals surface area contributed by atoms with Crippen molar-refractivity contribution >= 4 is 46.9 Å². The second kappa shape index (κ2) is 11.8. The van der Waals surface area contributed by atoms with Gasteiger partial charge in [-0.05, 0) is 67.8 Å². The lowest BCUT2D eigenvalue weighted by Gasteiger charge is -2.10. The van der Waals surface area contributed by atoms with Gasteiger partial charge in [-0.15, -0.1) is 0 Å². The summed E-state index contributed by atoms with van der Waals surface area (Å²) < 4.78 is 5.61. The highest BCUT2D eigenvalue weighted by molar-refractivity contribution is 6.39. The molecular formula is C26H25ClN4O4. The zero-order valence-corrected chi connectivity index (χ0v) is 20.3. The van der Waals surface area contributed by atoms with Crippen LogP contribution in [0.1, 0.15) is 22.3 Å². The number of carbonyl (C=O) groups excluding carboxylic acids is 3. The highest BCUT2D eigenvalue weighted by atomic mass is 35.5. The number of para-hydroxylation sites is 1. The molecular weight excluding hydrogens is 468 g/mol. The van der Waals surface area contributed by atoms with Gasteiger partial charge in [0.25, 0.3) is 5.91 Å². The van der Waals surface area contributed by atoms with Crippen LogP contribution in [0.3, 0.4) is 0 Å². The van der Waals surface area contributed by atoms with Crippen molar-refractivity contribution in [3.63, 3.8) is 0 Å². The molecule has 0 bridgehead atoms. The van der Waals surface area contributed by atoms with Crippen molar-refractivity contribution in [2.45, 2.75) is 20.8 Å². The van der Waals surface area contributed by atoms with Gasteiger partial charge in [0.05, 0.1) is 6.21 Å². The number of aryl methyl sites for hydroxylation is 2. The number of rotatable bonds is 7. The van der Waals surface area contributed by atoms with Crippen LogP contribution >= 0.6 is 11.6 Å². The first-order valence-electron chi connectivity index (χ1n) is 10.7. The maximum absolute atomic E-state index is 12.3. The second-order valence-electron chi connectivity index (χ2n) is 7.74. The SMILES string of the molecule is Cc1ccc(NC(=O)COc2ccccc2/C=N\NC(=O)C(=O)Nc2cccc(C)c2C)cc1Cl. The summed E-state index contributed by atoms with van der Waals surface area (Å²) in [5.41, 5.74) is 6.59. The number of hydrogen-bond donors (Lipinski definition) is 3. The summed E-state index contributed by atoms with van der Waals surface area (Å²) in [6.07, 6.45) is 1.33. The van der Waals surface area contributed by atoms with E-state index in [-0.39, 0.29) is 12.5 Å². The molecule has 8 nitrogen and oxygen atoms in total. The monoisotopic (exact) mass is 492 g/mol. The van der Waals surface area contributed by atoms with Gasteiger partial charge in [0, 0.05) is 22.0 Å². The van der Waals surface area contributed by atoms with Gasteiger partial charge in [-0.3, -0.25) is 14.4 Å². The lowest BCUT2D eigenvalue weighted by molar-refractivity contribution is -0.136. The lowest BCUT2D eigenvalue weighted by Crippen LogP contribution is -2.32. The predicted octanol–water partition coefficient (Wildman–Crippen LogP) is 4.37. The molecule has 0 unspecified atom stereocenters. The van der Waals surface area contributed by atoms with Gasteiger partial charge in [-0.1, -0.05) is 41.9 Å². The largest absolute Gasteiger partial charge is 0.483 e. The van der Waals surface area contributed by atoms with E-state index in [1.807, 2.05) is 26.8 Å². The van der Waals surface area contributed by atoms with Crippen molar-refractivity contribution in [2.75, 3.05) is 17.2 Å². The summed E-state index contributed by atoms with van der Waals surface area (Å²) >= 11 is 6.08. The number of benzene rings is 3.